The number of carbonyl (C=O) groups is 1. The number of anilines is 1. The van der Waals surface area contributed by atoms with Crippen molar-refractivity contribution in [2.75, 3.05) is 24.7 Å². The van der Waals surface area contributed by atoms with E-state index >= 15 is 0 Å². The Morgan fingerprint density at radius 2 is 2.06 bits per heavy atom. The van der Waals surface area contributed by atoms with Gasteiger partial charge >= 0.3 is 0 Å². The number of halogens is 2. The number of aliphatic imine (C=N–C) groups is 1. The van der Waals surface area contributed by atoms with Gasteiger partial charge in [-0.1, -0.05) is 23.7 Å². The molecule has 4 N–H and O–H groups in total. The second kappa shape index (κ2) is 11.3. The SMILES string of the molecule is CC(=N)N1C(=N)[C@H](CO)N=C(c2ccc(Cl)cc2)c2cc(C(=O)NCCOPI)ccc21. The van der Waals surface area contributed by atoms with Crippen LogP contribution in [0.25, 0.3) is 0 Å². The van der Waals surface area contributed by atoms with Crippen LogP contribution in [0.15, 0.2) is 47.5 Å². The van der Waals surface area contributed by atoms with Crippen LogP contribution >= 0.6 is 40.1 Å². The minimum atomic E-state index is -0.864. The number of aliphatic hydroxyl groups is 1. The van der Waals surface area contributed by atoms with E-state index in [1.165, 1.54) is 4.90 Å². The van der Waals surface area contributed by atoms with Gasteiger partial charge in [-0.2, -0.15) is 0 Å². The number of amidine groups is 2. The van der Waals surface area contributed by atoms with Crippen LogP contribution in [0.2, 0.25) is 5.02 Å². The van der Waals surface area contributed by atoms with Crippen molar-refractivity contribution in [3.8, 4) is 0 Å². The third kappa shape index (κ3) is 5.52. The van der Waals surface area contributed by atoms with Crippen molar-refractivity contribution in [2.24, 2.45) is 4.99 Å². The molecule has 2 atom stereocenters. The average Bonchev–Trinajstić information content (AvgIpc) is 2.90. The molecule has 3 rings (SSSR count). The number of nitrogens with zero attached hydrogens (tertiary/aromatic N) is 2. The normalized spacial score (nSPS) is 16.0. The van der Waals surface area contributed by atoms with Crippen molar-refractivity contribution in [1.29, 1.82) is 10.8 Å². The molecular weight excluding hydrogens is 564 g/mol. The highest BCUT2D eigenvalue weighted by molar-refractivity contribution is 14.2. The van der Waals surface area contributed by atoms with Gasteiger partial charge in [0.1, 0.15) is 17.7 Å². The van der Waals surface area contributed by atoms with Gasteiger partial charge in [-0.25, -0.2) is 0 Å². The summed E-state index contributed by atoms with van der Waals surface area (Å²) >= 11 is 8.17. The lowest BCUT2D eigenvalue weighted by atomic mass is 9.97. The zero-order valence-corrected chi connectivity index (χ0v) is 21.1. The van der Waals surface area contributed by atoms with Crippen molar-refractivity contribution in [2.45, 2.75) is 13.0 Å². The number of benzene rings is 2. The summed E-state index contributed by atoms with van der Waals surface area (Å²) in [6, 6.07) is 11.2. The molecule has 1 unspecified atom stereocenters. The van der Waals surface area contributed by atoms with E-state index in [9.17, 15) is 9.90 Å². The van der Waals surface area contributed by atoms with Crippen molar-refractivity contribution in [1.82, 2.24) is 5.32 Å². The Balaban J connectivity index is 2.12. The van der Waals surface area contributed by atoms with Crippen LogP contribution < -0.4 is 10.2 Å². The predicted molar refractivity (Wildman–Crippen MR) is 139 cm³/mol. The summed E-state index contributed by atoms with van der Waals surface area (Å²) in [6.45, 7) is 2.30. The lowest BCUT2D eigenvalue weighted by Gasteiger charge is -2.26. The van der Waals surface area contributed by atoms with E-state index in [1.807, 2.05) is 0 Å². The third-order valence-corrected chi connectivity index (χ3v) is 6.27. The summed E-state index contributed by atoms with van der Waals surface area (Å²) in [5.41, 5.74) is 2.77. The Bertz CT molecular complexity index is 1060. The molecule has 0 saturated heterocycles. The molecule has 1 heterocycles. The number of carbonyl (C=O) groups excluding carboxylic acids is 1. The van der Waals surface area contributed by atoms with E-state index in [1.54, 1.807) is 49.4 Å². The largest absolute Gasteiger partial charge is 0.394 e. The van der Waals surface area contributed by atoms with Crippen molar-refractivity contribution < 1.29 is 14.4 Å². The van der Waals surface area contributed by atoms with Crippen LogP contribution in [0, 0.1) is 10.8 Å². The number of rotatable bonds is 7. The average molecular weight is 586 g/mol. The first kappa shape index (κ1) is 24.7. The summed E-state index contributed by atoms with van der Waals surface area (Å²) in [7, 11) is 0. The van der Waals surface area contributed by atoms with Gasteiger partial charge in [0.25, 0.3) is 5.91 Å². The summed E-state index contributed by atoms with van der Waals surface area (Å²) in [6.07, 6.45) is 0. The van der Waals surface area contributed by atoms with E-state index in [-0.39, 0.29) is 17.6 Å². The topological polar surface area (TPSA) is 122 Å². The van der Waals surface area contributed by atoms with Gasteiger partial charge in [0, 0.05) is 28.3 Å². The highest BCUT2D eigenvalue weighted by atomic mass is 127. The Kier molecular flexibility index (Phi) is 8.72. The van der Waals surface area contributed by atoms with E-state index < -0.39 is 12.6 Å². The molecule has 2 aromatic carbocycles. The molecule has 1 aliphatic rings. The van der Waals surface area contributed by atoms with Crippen molar-refractivity contribution >= 4 is 69.1 Å². The number of fused-ring (bicyclic) bond motifs is 1. The molecular formula is C21H22ClIN5O3P. The fourth-order valence-corrected chi connectivity index (χ4v) is 4.28. The van der Waals surface area contributed by atoms with E-state index in [0.29, 0.717) is 47.2 Å². The van der Waals surface area contributed by atoms with Crippen molar-refractivity contribution in [3.05, 3.63) is 64.2 Å². The highest BCUT2D eigenvalue weighted by Crippen LogP contribution is 2.30. The first-order valence-corrected chi connectivity index (χ1v) is 14.1. The third-order valence-electron chi connectivity index (χ3n) is 4.77. The lowest BCUT2D eigenvalue weighted by molar-refractivity contribution is 0.0948. The molecule has 0 fully saturated rings. The standard InChI is InChI=1S/C21H22ClIN5O3P/c1-12(24)28-18-7-4-14(21(30)26-8-9-31-32-23)10-16(18)19(27-17(11-29)20(28)25)13-2-5-15(22)6-3-13/h2-7,10,17,24-25,29,32H,8-9,11H2,1H3,(H,26,30)/t17-/m0/s1. The molecule has 168 valence electrons. The van der Waals surface area contributed by atoms with Gasteiger partial charge in [-0.3, -0.25) is 25.5 Å². The molecule has 11 heteroatoms. The first-order chi connectivity index (χ1) is 15.4. The van der Waals surface area contributed by atoms with Crippen molar-refractivity contribution in [3.63, 3.8) is 0 Å². The Morgan fingerprint density at radius 3 is 2.69 bits per heavy atom. The smallest absolute Gasteiger partial charge is 0.251 e. The number of nitrogens with one attached hydrogen (secondary N) is 3. The van der Waals surface area contributed by atoms with Gasteiger partial charge in [0.05, 0.1) is 31.1 Å². The van der Waals surface area contributed by atoms with E-state index in [4.69, 9.17) is 26.9 Å². The Labute approximate surface area is 205 Å². The van der Waals surface area contributed by atoms with Gasteiger partial charge in [0.2, 0.25) is 0 Å². The summed E-state index contributed by atoms with van der Waals surface area (Å²) in [5.74, 6) is -0.171. The van der Waals surface area contributed by atoms with Crippen LogP contribution in [0.1, 0.15) is 28.4 Å². The zero-order valence-electron chi connectivity index (χ0n) is 17.2. The molecule has 0 bridgehead atoms. The number of amides is 1. The molecule has 0 aromatic heterocycles. The molecule has 32 heavy (non-hydrogen) atoms. The molecule has 0 saturated carbocycles. The number of hydrogen-bond donors (Lipinski definition) is 4. The predicted octanol–water partition coefficient (Wildman–Crippen LogP) is 4.02. The Hall–Kier alpha value is -1.91. The fourth-order valence-electron chi connectivity index (χ4n) is 3.31. The second-order valence-corrected chi connectivity index (χ2v) is 9.10. The van der Waals surface area contributed by atoms with Gasteiger partial charge in [0.15, 0.2) is 0 Å². The molecule has 0 radical (unpaired) electrons. The fraction of sp³-hybridized carbons (Fsp3) is 0.238. The number of benzodiazepines with no additional fused rings is 1. The zero-order chi connectivity index (χ0) is 23.3. The molecule has 8 nitrogen and oxygen atoms in total. The maximum atomic E-state index is 12.7. The Morgan fingerprint density at radius 1 is 1.34 bits per heavy atom. The van der Waals surface area contributed by atoms with Crippen LogP contribution in [-0.4, -0.2) is 54.2 Å². The lowest BCUT2D eigenvalue weighted by Crippen LogP contribution is -2.41. The number of hydrogen-bond acceptors (Lipinski definition) is 6. The van der Waals surface area contributed by atoms with Crippen LogP contribution in [0.4, 0.5) is 5.69 Å². The summed E-state index contributed by atoms with van der Waals surface area (Å²) in [4.78, 5) is 18.8. The second-order valence-electron chi connectivity index (χ2n) is 6.90. The minimum absolute atomic E-state index is 0.0146. The monoisotopic (exact) mass is 585 g/mol. The maximum absolute atomic E-state index is 12.7. The molecule has 2 aromatic rings. The van der Waals surface area contributed by atoms with Crippen LogP contribution in [-0.2, 0) is 4.52 Å². The molecule has 1 aliphatic heterocycles. The van der Waals surface area contributed by atoms with E-state index in [2.05, 4.69) is 32.4 Å². The summed E-state index contributed by atoms with van der Waals surface area (Å²) in [5, 5.41) is 30.1. The van der Waals surface area contributed by atoms with E-state index in [0.717, 1.165) is 5.56 Å². The first-order valence-electron chi connectivity index (χ1n) is 9.65. The van der Waals surface area contributed by atoms with Crippen LogP contribution in [0.5, 0.6) is 0 Å². The van der Waals surface area contributed by atoms with Gasteiger partial charge < -0.3 is 14.9 Å². The number of aliphatic hydroxyl groups excluding tert-OH is 1. The highest BCUT2D eigenvalue weighted by Gasteiger charge is 2.31. The quantitative estimate of drug-likeness (QED) is 0.129. The van der Waals surface area contributed by atoms with Gasteiger partial charge in [-0.05, 0) is 59.3 Å². The van der Waals surface area contributed by atoms with Crippen LogP contribution in [0.3, 0.4) is 0 Å². The molecule has 0 spiro atoms. The molecule has 0 aliphatic carbocycles. The van der Waals surface area contributed by atoms with Gasteiger partial charge in [-0.15, -0.1) is 0 Å². The summed E-state index contributed by atoms with van der Waals surface area (Å²) < 4.78 is 5.28. The minimum Gasteiger partial charge on any atom is -0.394 e. The maximum Gasteiger partial charge on any atom is 0.251 e. The molecule has 1 amide bonds.